The maximum Gasteiger partial charge on any atom is 0.227 e. The maximum atomic E-state index is 4.85. The molecule has 0 unspecified atom stereocenters. The Kier molecular flexibility index (Phi) is 5.47. The number of benzene rings is 1. The molecule has 1 aliphatic heterocycles. The van der Waals surface area contributed by atoms with E-state index in [1.807, 2.05) is 48.7 Å². The lowest BCUT2D eigenvalue weighted by Gasteiger charge is -2.35. The molecule has 0 saturated carbocycles. The molecule has 142 valence electrons. The second-order valence-corrected chi connectivity index (χ2v) is 6.64. The normalized spacial score (nSPS) is 14.0. The van der Waals surface area contributed by atoms with Crippen LogP contribution in [0.4, 0.5) is 17.6 Å². The molecule has 0 aliphatic carbocycles. The summed E-state index contributed by atoms with van der Waals surface area (Å²) < 4.78 is 0. The Morgan fingerprint density at radius 1 is 0.929 bits per heavy atom. The largest absolute Gasteiger partial charge is 0.366 e. The van der Waals surface area contributed by atoms with Gasteiger partial charge in [0.2, 0.25) is 5.95 Å². The highest BCUT2D eigenvalue weighted by molar-refractivity contribution is 5.64. The van der Waals surface area contributed by atoms with E-state index in [1.165, 1.54) is 0 Å². The third kappa shape index (κ3) is 4.11. The molecule has 0 spiro atoms. The van der Waals surface area contributed by atoms with Gasteiger partial charge in [-0.3, -0.25) is 0 Å². The lowest BCUT2D eigenvalue weighted by atomic mass is 10.1. The van der Waals surface area contributed by atoms with Crippen LogP contribution in [0.15, 0.2) is 73.4 Å². The first-order chi connectivity index (χ1) is 13.8. The highest BCUT2D eigenvalue weighted by Crippen LogP contribution is 2.24. The molecule has 4 rings (SSSR count). The summed E-state index contributed by atoms with van der Waals surface area (Å²) in [6.45, 7) is 7.94. The summed E-state index contributed by atoms with van der Waals surface area (Å²) in [5, 5.41) is 3.30. The lowest BCUT2D eigenvalue weighted by Crippen LogP contribution is -2.47. The van der Waals surface area contributed by atoms with Gasteiger partial charge in [0.25, 0.3) is 0 Å². The van der Waals surface area contributed by atoms with Crippen molar-refractivity contribution in [3.05, 3.63) is 73.4 Å². The van der Waals surface area contributed by atoms with Crippen LogP contribution in [-0.4, -0.2) is 47.7 Å². The predicted molar refractivity (Wildman–Crippen MR) is 115 cm³/mol. The third-order valence-corrected chi connectivity index (χ3v) is 4.75. The number of hydrogen-bond donors (Lipinski definition) is 1. The first-order valence-corrected chi connectivity index (χ1v) is 9.54. The van der Waals surface area contributed by atoms with Gasteiger partial charge >= 0.3 is 0 Å². The van der Waals surface area contributed by atoms with E-state index in [0.29, 0.717) is 6.54 Å². The highest BCUT2D eigenvalue weighted by Gasteiger charge is 2.21. The number of rotatable bonds is 6. The van der Waals surface area contributed by atoms with Crippen LogP contribution in [0, 0.1) is 0 Å². The first kappa shape index (κ1) is 18.0. The van der Waals surface area contributed by atoms with Crippen LogP contribution in [0.3, 0.4) is 0 Å². The van der Waals surface area contributed by atoms with Gasteiger partial charge in [0.05, 0.1) is 5.69 Å². The Bertz CT molecular complexity index is 905. The number of anilines is 3. The van der Waals surface area contributed by atoms with Crippen LogP contribution in [0.2, 0.25) is 0 Å². The second kappa shape index (κ2) is 8.52. The molecule has 1 saturated heterocycles. The molecular formula is C22H24N6. The van der Waals surface area contributed by atoms with Crippen LogP contribution in [0.1, 0.15) is 0 Å². The number of pyridine rings is 1. The number of piperazine rings is 1. The van der Waals surface area contributed by atoms with Crippen molar-refractivity contribution in [1.82, 2.24) is 15.0 Å². The molecule has 6 nitrogen and oxygen atoms in total. The molecule has 3 aromatic rings. The Morgan fingerprint density at radius 3 is 2.39 bits per heavy atom. The first-order valence-electron chi connectivity index (χ1n) is 9.54. The molecule has 0 radical (unpaired) electrons. The maximum absolute atomic E-state index is 4.85. The number of nitrogens with one attached hydrogen (secondary N) is 1. The van der Waals surface area contributed by atoms with E-state index in [-0.39, 0.29) is 0 Å². The number of aromatic nitrogens is 3. The van der Waals surface area contributed by atoms with E-state index < -0.39 is 0 Å². The molecule has 28 heavy (non-hydrogen) atoms. The summed E-state index contributed by atoms with van der Waals surface area (Å²) in [5.74, 6) is 2.60. The lowest BCUT2D eigenvalue weighted by molar-refractivity contribution is 0.635. The van der Waals surface area contributed by atoms with Gasteiger partial charge in [0.1, 0.15) is 11.6 Å². The van der Waals surface area contributed by atoms with Crippen LogP contribution in [-0.2, 0) is 0 Å². The fraction of sp³-hybridized carbons (Fsp3) is 0.227. The third-order valence-electron chi connectivity index (χ3n) is 4.75. The van der Waals surface area contributed by atoms with Gasteiger partial charge in [0, 0.05) is 50.6 Å². The van der Waals surface area contributed by atoms with Crippen LogP contribution in [0.25, 0.3) is 11.3 Å². The van der Waals surface area contributed by atoms with Crippen molar-refractivity contribution in [3.8, 4) is 11.3 Å². The summed E-state index contributed by atoms with van der Waals surface area (Å²) >= 11 is 0. The summed E-state index contributed by atoms with van der Waals surface area (Å²) in [7, 11) is 0. The Balaban J connectivity index is 1.56. The monoisotopic (exact) mass is 372 g/mol. The Hall–Kier alpha value is -3.41. The zero-order chi connectivity index (χ0) is 19.2. The van der Waals surface area contributed by atoms with E-state index in [4.69, 9.17) is 9.97 Å². The van der Waals surface area contributed by atoms with Gasteiger partial charge < -0.3 is 15.1 Å². The van der Waals surface area contributed by atoms with Gasteiger partial charge in [0.15, 0.2) is 0 Å². The van der Waals surface area contributed by atoms with E-state index in [1.54, 1.807) is 0 Å². The van der Waals surface area contributed by atoms with E-state index in [0.717, 1.165) is 55.0 Å². The summed E-state index contributed by atoms with van der Waals surface area (Å²) in [4.78, 5) is 18.6. The molecular weight excluding hydrogens is 348 g/mol. The fourth-order valence-electron chi connectivity index (χ4n) is 3.28. The van der Waals surface area contributed by atoms with Crippen molar-refractivity contribution < 1.29 is 0 Å². The van der Waals surface area contributed by atoms with Gasteiger partial charge in [-0.15, -0.1) is 6.58 Å². The van der Waals surface area contributed by atoms with Crippen molar-refractivity contribution in [2.24, 2.45) is 0 Å². The summed E-state index contributed by atoms with van der Waals surface area (Å²) in [6.07, 6.45) is 3.67. The highest BCUT2D eigenvalue weighted by atomic mass is 15.3. The minimum atomic E-state index is 0.665. The average molecular weight is 372 g/mol. The van der Waals surface area contributed by atoms with E-state index in [2.05, 4.69) is 44.9 Å². The van der Waals surface area contributed by atoms with Crippen LogP contribution < -0.4 is 15.1 Å². The molecule has 3 heterocycles. The molecule has 1 fully saturated rings. The van der Waals surface area contributed by atoms with Gasteiger partial charge in [-0.25, -0.2) is 9.97 Å². The van der Waals surface area contributed by atoms with Crippen molar-refractivity contribution in [2.45, 2.75) is 0 Å². The topological polar surface area (TPSA) is 57.2 Å². The molecule has 1 N–H and O–H groups in total. The number of hydrogen-bond acceptors (Lipinski definition) is 6. The zero-order valence-electron chi connectivity index (χ0n) is 15.8. The quantitative estimate of drug-likeness (QED) is 0.669. The minimum Gasteiger partial charge on any atom is -0.366 e. The Labute approximate surface area is 165 Å². The predicted octanol–water partition coefficient (Wildman–Crippen LogP) is 3.46. The SMILES string of the molecule is C=CCNc1cc(-c2ccccc2)nc(N2CCN(c3ccccn3)CC2)n1. The summed E-state index contributed by atoms with van der Waals surface area (Å²) in [5.41, 5.74) is 2.00. The Morgan fingerprint density at radius 2 is 1.68 bits per heavy atom. The molecule has 0 bridgehead atoms. The molecule has 6 heteroatoms. The fourth-order valence-corrected chi connectivity index (χ4v) is 3.28. The minimum absolute atomic E-state index is 0.665. The molecule has 2 aromatic heterocycles. The average Bonchev–Trinajstić information content (AvgIpc) is 2.79. The molecule has 0 atom stereocenters. The smallest absolute Gasteiger partial charge is 0.227 e. The molecule has 1 aromatic carbocycles. The molecule has 1 aliphatic rings. The summed E-state index contributed by atoms with van der Waals surface area (Å²) in [6, 6.07) is 18.2. The van der Waals surface area contributed by atoms with Crippen molar-refractivity contribution in [2.75, 3.05) is 47.8 Å². The van der Waals surface area contributed by atoms with E-state index in [9.17, 15) is 0 Å². The van der Waals surface area contributed by atoms with Crippen molar-refractivity contribution in [1.29, 1.82) is 0 Å². The molecule has 0 amide bonds. The van der Waals surface area contributed by atoms with Crippen molar-refractivity contribution >= 4 is 17.6 Å². The zero-order valence-corrected chi connectivity index (χ0v) is 15.8. The van der Waals surface area contributed by atoms with Gasteiger partial charge in [-0.2, -0.15) is 4.98 Å². The van der Waals surface area contributed by atoms with Gasteiger partial charge in [-0.05, 0) is 12.1 Å². The van der Waals surface area contributed by atoms with Crippen molar-refractivity contribution in [3.63, 3.8) is 0 Å². The van der Waals surface area contributed by atoms with Gasteiger partial charge in [-0.1, -0.05) is 42.5 Å². The second-order valence-electron chi connectivity index (χ2n) is 6.64. The van der Waals surface area contributed by atoms with Crippen LogP contribution >= 0.6 is 0 Å². The standard InChI is InChI=1S/C22H24N6/c1-2-11-23-20-17-19(18-8-4-3-5-9-18)25-22(26-20)28-15-13-27(14-16-28)21-10-6-7-12-24-21/h2-10,12,17H,1,11,13-16H2,(H,23,25,26). The van der Waals surface area contributed by atoms with E-state index >= 15 is 0 Å². The number of nitrogens with zero attached hydrogens (tertiary/aromatic N) is 5. The van der Waals surface area contributed by atoms with Crippen LogP contribution in [0.5, 0.6) is 0 Å².